The van der Waals surface area contributed by atoms with Crippen molar-refractivity contribution in [3.05, 3.63) is 0 Å². The summed E-state index contributed by atoms with van der Waals surface area (Å²) in [6.45, 7) is 7.34. The molecule has 1 rings (SSSR count). The zero-order chi connectivity index (χ0) is 15.0. The van der Waals surface area contributed by atoms with E-state index in [9.17, 15) is 9.59 Å². The van der Waals surface area contributed by atoms with Crippen LogP contribution >= 0.6 is 0 Å². The minimum absolute atomic E-state index is 0.126. The third-order valence-electron chi connectivity index (χ3n) is 2.59. The van der Waals surface area contributed by atoms with Gasteiger partial charge in [0, 0.05) is 26.2 Å². The van der Waals surface area contributed by atoms with Crippen LogP contribution in [0, 0.1) is 0 Å². The summed E-state index contributed by atoms with van der Waals surface area (Å²) < 4.78 is 10.5. The quantitative estimate of drug-likeness (QED) is 0.658. The van der Waals surface area contributed by atoms with Crippen LogP contribution in [0.4, 0.5) is 9.59 Å². The Morgan fingerprint density at radius 3 is 2.50 bits per heavy atom. The molecule has 0 aliphatic carbocycles. The molecule has 0 radical (unpaired) electrons. The van der Waals surface area contributed by atoms with E-state index in [0.717, 1.165) is 19.4 Å². The fraction of sp³-hybridized carbons (Fsp3) is 0.846. The number of carbonyl (C=O) groups is 2. The van der Waals surface area contributed by atoms with Crippen LogP contribution in [-0.4, -0.2) is 50.1 Å². The van der Waals surface area contributed by atoms with Crippen LogP contribution in [0.2, 0.25) is 0 Å². The predicted molar refractivity (Wildman–Crippen MR) is 74.6 cm³/mol. The first-order valence-corrected chi connectivity index (χ1v) is 6.97. The fourth-order valence-electron chi connectivity index (χ4n) is 1.73. The van der Waals surface area contributed by atoms with Crippen LogP contribution in [0.25, 0.3) is 0 Å². The van der Waals surface area contributed by atoms with Gasteiger partial charge in [0.2, 0.25) is 0 Å². The molecule has 1 aliphatic rings. The lowest BCUT2D eigenvalue weighted by Crippen LogP contribution is -2.43. The average molecular weight is 287 g/mol. The number of urea groups is 1. The Labute approximate surface area is 119 Å². The molecule has 20 heavy (non-hydrogen) atoms. The lowest BCUT2D eigenvalue weighted by atomic mass is 10.2. The topological polar surface area (TPSA) is 88.7 Å². The molecular formula is C13H25N3O4. The number of amides is 3. The molecule has 0 aromatic carbocycles. The SMILES string of the molecule is CC(C)(C)OC(=O)NCCNC(=O)NC[C@H]1CCCO1. The normalized spacial score (nSPS) is 18.4. The molecule has 7 nitrogen and oxygen atoms in total. The Bertz CT molecular complexity index is 322. The minimum atomic E-state index is -0.518. The highest BCUT2D eigenvalue weighted by Crippen LogP contribution is 2.10. The summed E-state index contributed by atoms with van der Waals surface area (Å²) in [5.41, 5.74) is -0.518. The summed E-state index contributed by atoms with van der Waals surface area (Å²) in [6.07, 6.45) is 1.67. The lowest BCUT2D eigenvalue weighted by Gasteiger charge is -2.19. The van der Waals surface area contributed by atoms with Crippen LogP contribution in [-0.2, 0) is 9.47 Å². The van der Waals surface area contributed by atoms with E-state index in [0.29, 0.717) is 19.6 Å². The largest absolute Gasteiger partial charge is 0.444 e. The van der Waals surface area contributed by atoms with E-state index in [2.05, 4.69) is 16.0 Å². The summed E-state index contributed by atoms with van der Waals surface area (Å²) in [5, 5.41) is 7.94. The zero-order valence-corrected chi connectivity index (χ0v) is 12.5. The van der Waals surface area contributed by atoms with Crippen molar-refractivity contribution in [3.8, 4) is 0 Å². The third kappa shape index (κ3) is 7.83. The molecule has 0 unspecified atom stereocenters. The van der Waals surface area contributed by atoms with Crippen molar-refractivity contribution in [2.45, 2.75) is 45.3 Å². The molecular weight excluding hydrogens is 262 g/mol. The number of alkyl carbamates (subject to hydrolysis) is 1. The van der Waals surface area contributed by atoms with E-state index in [1.165, 1.54) is 0 Å². The van der Waals surface area contributed by atoms with E-state index in [1.54, 1.807) is 20.8 Å². The maximum absolute atomic E-state index is 11.5. The number of rotatable bonds is 5. The van der Waals surface area contributed by atoms with Gasteiger partial charge < -0.3 is 25.4 Å². The molecule has 0 bridgehead atoms. The van der Waals surface area contributed by atoms with Crippen LogP contribution in [0.5, 0.6) is 0 Å². The highest BCUT2D eigenvalue weighted by Gasteiger charge is 2.16. The molecule has 1 heterocycles. The van der Waals surface area contributed by atoms with Crippen molar-refractivity contribution in [2.75, 3.05) is 26.2 Å². The zero-order valence-electron chi connectivity index (χ0n) is 12.5. The van der Waals surface area contributed by atoms with Gasteiger partial charge in [-0.05, 0) is 33.6 Å². The summed E-state index contributed by atoms with van der Waals surface area (Å²) in [6, 6.07) is -0.258. The highest BCUT2D eigenvalue weighted by molar-refractivity contribution is 5.74. The maximum atomic E-state index is 11.5. The molecule has 0 aromatic rings. The lowest BCUT2D eigenvalue weighted by molar-refractivity contribution is 0.0528. The van der Waals surface area contributed by atoms with Crippen LogP contribution < -0.4 is 16.0 Å². The van der Waals surface area contributed by atoms with E-state index in [1.807, 2.05) is 0 Å². The second kappa shape index (κ2) is 7.94. The molecule has 1 aliphatic heterocycles. The van der Waals surface area contributed by atoms with Crippen molar-refractivity contribution in [2.24, 2.45) is 0 Å². The summed E-state index contributed by atoms with van der Waals surface area (Å²) in [4.78, 5) is 22.8. The van der Waals surface area contributed by atoms with E-state index < -0.39 is 11.7 Å². The third-order valence-corrected chi connectivity index (χ3v) is 2.59. The Balaban J connectivity index is 2.00. The van der Waals surface area contributed by atoms with Crippen LogP contribution in [0.1, 0.15) is 33.6 Å². The molecule has 0 spiro atoms. The summed E-state index contributed by atoms with van der Waals surface area (Å²) in [5.74, 6) is 0. The van der Waals surface area contributed by atoms with Gasteiger partial charge in [-0.2, -0.15) is 0 Å². The van der Waals surface area contributed by atoms with Gasteiger partial charge in [0.15, 0.2) is 0 Å². The summed E-state index contributed by atoms with van der Waals surface area (Å²) >= 11 is 0. The second-order valence-corrected chi connectivity index (χ2v) is 5.70. The fourth-order valence-corrected chi connectivity index (χ4v) is 1.73. The Kier molecular flexibility index (Phi) is 6.57. The molecule has 1 saturated heterocycles. The molecule has 0 saturated carbocycles. The van der Waals surface area contributed by atoms with Crippen molar-refractivity contribution < 1.29 is 19.1 Å². The van der Waals surface area contributed by atoms with Gasteiger partial charge in [-0.25, -0.2) is 9.59 Å². The van der Waals surface area contributed by atoms with Crippen LogP contribution in [0.3, 0.4) is 0 Å². The van der Waals surface area contributed by atoms with Crippen molar-refractivity contribution >= 4 is 12.1 Å². The Morgan fingerprint density at radius 1 is 1.20 bits per heavy atom. The first-order chi connectivity index (χ1) is 9.37. The molecule has 116 valence electrons. The molecule has 0 aromatic heterocycles. The predicted octanol–water partition coefficient (Wildman–Crippen LogP) is 0.989. The molecule has 7 heteroatoms. The smallest absolute Gasteiger partial charge is 0.407 e. The minimum Gasteiger partial charge on any atom is -0.444 e. The molecule has 3 N–H and O–H groups in total. The number of hydrogen-bond acceptors (Lipinski definition) is 4. The number of carbonyl (C=O) groups excluding carboxylic acids is 2. The van der Waals surface area contributed by atoms with Gasteiger partial charge in [-0.15, -0.1) is 0 Å². The van der Waals surface area contributed by atoms with Gasteiger partial charge in [0.25, 0.3) is 0 Å². The number of nitrogens with one attached hydrogen (secondary N) is 3. The Hall–Kier alpha value is -1.50. The first kappa shape index (κ1) is 16.6. The number of hydrogen-bond donors (Lipinski definition) is 3. The first-order valence-electron chi connectivity index (χ1n) is 6.97. The molecule has 3 amide bonds. The maximum Gasteiger partial charge on any atom is 0.407 e. The molecule has 1 atom stereocenters. The van der Waals surface area contributed by atoms with Gasteiger partial charge in [-0.3, -0.25) is 0 Å². The van der Waals surface area contributed by atoms with Crippen LogP contribution in [0.15, 0.2) is 0 Å². The van der Waals surface area contributed by atoms with Gasteiger partial charge in [0.05, 0.1) is 6.10 Å². The monoisotopic (exact) mass is 287 g/mol. The van der Waals surface area contributed by atoms with Gasteiger partial charge in [0.1, 0.15) is 5.60 Å². The average Bonchev–Trinajstić information content (AvgIpc) is 2.83. The van der Waals surface area contributed by atoms with Crippen molar-refractivity contribution in [1.29, 1.82) is 0 Å². The van der Waals surface area contributed by atoms with Gasteiger partial charge in [-0.1, -0.05) is 0 Å². The van der Waals surface area contributed by atoms with E-state index in [4.69, 9.17) is 9.47 Å². The van der Waals surface area contributed by atoms with Crippen molar-refractivity contribution in [1.82, 2.24) is 16.0 Å². The van der Waals surface area contributed by atoms with Gasteiger partial charge >= 0.3 is 12.1 Å². The van der Waals surface area contributed by atoms with E-state index in [-0.39, 0.29) is 12.1 Å². The Morgan fingerprint density at radius 2 is 1.90 bits per heavy atom. The standard InChI is InChI=1S/C13H25N3O4/c1-13(2,3)20-12(18)15-7-6-14-11(17)16-9-10-5-4-8-19-10/h10H,4-9H2,1-3H3,(H,15,18)(H2,14,16,17)/t10-/m1/s1. The second-order valence-electron chi connectivity index (χ2n) is 5.70. The highest BCUT2D eigenvalue weighted by atomic mass is 16.6. The summed E-state index contributed by atoms with van der Waals surface area (Å²) in [7, 11) is 0. The van der Waals surface area contributed by atoms with Crippen molar-refractivity contribution in [3.63, 3.8) is 0 Å². The molecule has 1 fully saturated rings. The van der Waals surface area contributed by atoms with E-state index >= 15 is 0 Å². The number of ether oxygens (including phenoxy) is 2.